The molecule has 1 amide bonds. The van der Waals surface area contributed by atoms with Crippen LogP contribution in [0.2, 0.25) is 0 Å². The lowest BCUT2D eigenvalue weighted by Crippen LogP contribution is -2.41. The summed E-state index contributed by atoms with van der Waals surface area (Å²) in [7, 11) is 0. The van der Waals surface area contributed by atoms with E-state index in [9.17, 15) is 9.18 Å². The fraction of sp³-hybridized carbons (Fsp3) is 0.588. The second-order valence-electron chi connectivity index (χ2n) is 5.76. The standard InChI is InChI=1S/C17H25FN2O2.ClH/c1-2-9-20(10-8-13-4-3-5-14(18)11-13)17(21)16-7-6-15(12-19)22-16;/h3-5,11,15-16H,2,6-10,12,19H2,1H3;1H/t15-,16+;/m1./s1. The molecule has 1 aliphatic rings. The molecule has 0 unspecified atom stereocenters. The number of rotatable bonds is 7. The molecule has 4 nitrogen and oxygen atoms in total. The highest BCUT2D eigenvalue weighted by molar-refractivity contribution is 5.85. The minimum atomic E-state index is -0.368. The highest BCUT2D eigenvalue weighted by Crippen LogP contribution is 2.21. The molecule has 0 bridgehead atoms. The smallest absolute Gasteiger partial charge is 0.251 e. The van der Waals surface area contributed by atoms with Crippen LogP contribution < -0.4 is 5.73 Å². The minimum absolute atomic E-state index is 0. The Morgan fingerprint density at radius 1 is 1.39 bits per heavy atom. The number of nitrogens with two attached hydrogens (primary N) is 1. The summed E-state index contributed by atoms with van der Waals surface area (Å²) in [6.07, 6.45) is 2.75. The van der Waals surface area contributed by atoms with Gasteiger partial charge in [-0.25, -0.2) is 4.39 Å². The largest absolute Gasteiger partial charge is 0.364 e. The van der Waals surface area contributed by atoms with Crippen LogP contribution in [0.25, 0.3) is 0 Å². The Morgan fingerprint density at radius 3 is 2.78 bits per heavy atom. The molecule has 0 radical (unpaired) electrons. The Bertz CT molecular complexity index is 501. The maximum atomic E-state index is 13.2. The van der Waals surface area contributed by atoms with Crippen LogP contribution in [0.3, 0.4) is 0 Å². The average Bonchev–Trinajstić information content (AvgIpc) is 3.00. The third kappa shape index (κ3) is 5.75. The summed E-state index contributed by atoms with van der Waals surface area (Å²) in [6, 6.07) is 6.53. The summed E-state index contributed by atoms with van der Waals surface area (Å²) >= 11 is 0. The molecule has 1 fully saturated rings. The first-order valence-corrected chi connectivity index (χ1v) is 8.02. The number of ether oxygens (including phenoxy) is 1. The first-order chi connectivity index (χ1) is 10.6. The van der Waals surface area contributed by atoms with Crippen molar-refractivity contribution < 1.29 is 13.9 Å². The van der Waals surface area contributed by atoms with Crippen molar-refractivity contribution in [2.45, 2.75) is 44.8 Å². The third-order valence-corrected chi connectivity index (χ3v) is 4.01. The summed E-state index contributed by atoms with van der Waals surface area (Å²) in [4.78, 5) is 14.4. The van der Waals surface area contributed by atoms with E-state index in [2.05, 4.69) is 0 Å². The number of benzene rings is 1. The predicted molar refractivity (Wildman–Crippen MR) is 91.2 cm³/mol. The van der Waals surface area contributed by atoms with Gasteiger partial charge in [0.05, 0.1) is 6.10 Å². The lowest BCUT2D eigenvalue weighted by Gasteiger charge is -2.25. The number of hydrogen-bond acceptors (Lipinski definition) is 3. The van der Waals surface area contributed by atoms with Crippen LogP contribution >= 0.6 is 12.4 Å². The molecule has 1 saturated heterocycles. The van der Waals surface area contributed by atoms with Gasteiger partial charge in [0.25, 0.3) is 5.91 Å². The van der Waals surface area contributed by atoms with Gasteiger partial charge in [0, 0.05) is 19.6 Å². The Labute approximate surface area is 143 Å². The lowest BCUT2D eigenvalue weighted by molar-refractivity contribution is -0.142. The molecule has 6 heteroatoms. The summed E-state index contributed by atoms with van der Waals surface area (Å²) in [5.74, 6) is -0.204. The van der Waals surface area contributed by atoms with Crippen molar-refractivity contribution in [1.82, 2.24) is 4.90 Å². The van der Waals surface area contributed by atoms with Crippen LogP contribution in [0.5, 0.6) is 0 Å². The topological polar surface area (TPSA) is 55.6 Å². The maximum absolute atomic E-state index is 13.2. The molecule has 1 aromatic carbocycles. The zero-order valence-electron chi connectivity index (χ0n) is 13.5. The second-order valence-corrected chi connectivity index (χ2v) is 5.76. The van der Waals surface area contributed by atoms with Gasteiger partial charge in [-0.2, -0.15) is 0 Å². The van der Waals surface area contributed by atoms with Gasteiger partial charge in [-0.05, 0) is 43.4 Å². The van der Waals surface area contributed by atoms with Crippen LogP contribution in [-0.2, 0) is 16.0 Å². The van der Waals surface area contributed by atoms with E-state index < -0.39 is 0 Å². The zero-order chi connectivity index (χ0) is 15.9. The molecule has 23 heavy (non-hydrogen) atoms. The molecule has 0 aromatic heterocycles. The van der Waals surface area contributed by atoms with Crippen molar-refractivity contribution in [3.8, 4) is 0 Å². The number of carbonyl (C=O) groups is 1. The van der Waals surface area contributed by atoms with Gasteiger partial charge < -0.3 is 15.4 Å². The van der Waals surface area contributed by atoms with Gasteiger partial charge >= 0.3 is 0 Å². The molecule has 2 atom stereocenters. The second kappa shape index (κ2) is 9.85. The van der Waals surface area contributed by atoms with Gasteiger partial charge in [-0.3, -0.25) is 4.79 Å². The van der Waals surface area contributed by atoms with Gasteiger partial charge in [-0.1, -0.05) is 19.1 Å². The lowest BCUT2D eigenvalue weighted by atomic mass is 10.1. The number of carbonyl (C=O) groups excluding carboxylic acids is 1. The molecule has 1 aromatic rings. The van der Waals surface area contributed by atoms with E-state index in [-0.39, 0.29) is 36.3 Å². The van der Waals surface area contributed by atoms with E-state index in [0.717, 1.165) is 24.8 Å². The van der Waals surface area contributed by atoms with E-state index in [4.69, 9.17) is 10.5 Å². The van der Waals surface area contributed by atoms with Gasteiger partial charge in [0.2, 0.25) is 0 Å². The van der Waals surface area contributed by atoms with Crippen LogP contribution in [-0.4, -0.2) is 42.6 Å². The van der Waals surface area contributed by atoms with Gasteiger partial charge in [-0.15, -0.1) is 12.4 Å². The molecule has 2 rings (SSSR count). The number of amides is 1. The van der Waals surface area contributed by atoms with Crippen molar-refractivity contribution in [2.24, 2.45) is 5.73 Å². The molecule has 2 N–H and O–H groups in total. The molecule has 1 aliphatic heterocycles. The predicted octanol–water partition coefficient (Wildman–Crippen LogP) is 2.53. The molecule has 0 spiro atoms. The Kier molecular flexibility index (Phi) is 8.52. The van der Waals surface area contributed by atoms with Gasteiger partial charge in [0.1, 0.15) is 11.9 Å². The normalized spacial score (nSPS) is 20.1. The fourth-order valence-corrected chi connectivity index (χ4v) is 2.82. The van der Waals surface area contributed by atoms with Gasteiger partial charge in [0.15, 0.2) is 0 Å². The van der Waals surface area contributed by atoms with E-state index >= 15 is 0 Å². The first-order valence-electron chi connectivity index (χ1n) is 8.02. The monoisotopic (exact) mass is 344 g/mol. The molecule has 0 aliphatic carbocycles. The maximum Gasteiger partial charge on any atom is 0.251 e. The third-order valence-electron chi connectivity index (χ3n) is 4.01. The van der Waals surface area contributed by atoms with Crippen LogP contribution in [0.15, 0.2) is 24.3 Å². The van der Waals surface area contributed by atoms with Crippen molar-refractivity contribution in [3.05, 3.63) is 35.6 Å². The first kappa shape index (κ1) is 19.9. The molecular formula is C17H26ClFN2O2. The Hall–Kier alpha value is -1.17. The van der Waals surface area contributed by atoms with Crippen LogP contribution in [0.4, 0.5) is 4.39 Å². The fourth-order valence-electron chi connectivity index (χ4n) is 2.82. The van der Waals surface area contributed by atoms with E-state index in [1.165, 1.54) is 12.1 Å². The molecule has 130 valence electrons. The average molecular weight is 345 g/mol. The van der Waals surface area contributed by atoms with E-state index in [0.29, 0.717) is 26.1 Å². The number of halogens is 2. The summed E-state index contributed by atoms with van der Waals surface area (Å²) < 4.78 is 18.9. The Morgan fingerprint density at radius 2 is 2.17 bits per heavy atom. The molecular weight excluding hydrogens is 319 g/mol. The Balaban J connectivity index is 0.00000264. The number of hydrogen-bond donors (Lipinski definition) is 1. The highest BCUT2D eigenvalue weighted by Gasteiger charge is 2.32. The zero-order valence-corrected chi connectivity index (χ0v) is 14.4. The quantitative estimate of drug-likeness (QED) is 0.827. The van der Waals surface area contributed by atoms with E-state index in [1.54, 1.807) is 6.07 Å². The van der Waals surface area contributed by atoms with Crippen molar-refractivity contribution >= 4 is 18.3 Å². The molecule has 1 heterocycles. The summed E-state index contributed by atoms with van der Waals surface area (Å²) in [5, 5.41) is 0. The minimum Gasteiger partial charge on any atom is -0.364 e. The van der Waals surface area contributed by atoms with Crippen molar-refractivity contribution in [2.75, 3.05) is 19.6 Å². The SMILES string of the molecule is CCCN(CCc1cccc(F)c1)C(=O)[C@@H]1CC[C@H](CN)O1.Cl. The van der Waals surface area contributed by atoms with Crippen LogP contribution in [0, 0.1) is 5.82 Å². The van der Waals surface area contributed by atoms with Crippen LogP contribution in [0.1, 0.15) is 31.7 Å². The van der Waals surface area contributed by atoms with Crippen molar-refractivity contribution in [3.63, 3.8) is 0 Å². The number of nitrogens with zero attached hydrogens (tertiary/aromatic N) is 1. The highest BCUT2D eigenvalue weighted by atomic mass is 35.5. The van der Waals surface area contributed by atoms with E-state index in [1.807, 2.05) is 17.9 Å². The molecule has 0 saturated carbocycles. The summed E-state index contributed by atoms with van der Waals surface area (Å²) in [6.45, 7) is 3.78. The summed E-state index contributed by atoms with van der Waals surface area (Å²) in [5.41, 5.74) is 6.50. The van der Waals surface area contributed by atoms with Crippen molar-refractivity contribution in [1.29, 1.82) is 0 Å².